The van der Waals surface area contributed by atoms with Crippen LogP contribution in [0.3, 0.4) is 0 Å². The fourth-order valence-corrected chi connectivity index (χ4v) is 1.78. The van der Waals surface area contributed by atoms with Crippen LogP contribution in [-0.2, 0) is 19.2 Å². The molecule has 0 aliphatic carbocycles. The van der Waals surface area contributed by atoms with Gasteiger partial charge in [0.15, 0.2) is 0 Å². The quantitative estimate of drug-likeness (QED) is 0.217. The maximum atomic E-state index is 12.2. The van der Waals surface area contributed by atoms with Gasteiger partial charge >= 0.3 is 5.97 Å². The summed E-state index contributed by atoms with van der Waals surface area (Å²) in [5.74, 6) is -3.58. The van der Waals surface area contributed by atoms with E-state index in [2.05, 4.69) is 28.6 Å². The van der Waals surface area contributed by atoms with Gasteiger partial charge in [0.2, 0.25) is 17.7 Å². The number of nitrogens with one attached hydrogen (secondary N) is 3. The second kappa shape index (κ2) is 10.1. The van der Waals surface area contributed by atoms with Gasteiger partial charge in [-0.2, -0.15) is 12.6 Å². The predicted molar refractivity (Wildman–Crippen MR) is 88.3 cm³/mol. The van der Waals surface area contributed by atoms with Crippen LogP contribution in [0.2, 0.25) is 0 Å². The van der Waals surface area contributed by atoms with Crippen LogP contribution in [-0.4, -0.2) is 69.9 Å². The zero-order valence-corrected chi connectivity index (χ0v) is 14.5. The molecule has 10 nitrogen and oxygen atoms in total. The van der Waals surface area contributed by atoms with Crippen molar-refractivity contribution in [1.82, 2.24) is 16.0 Å². The number of nitrogens with two attached hydrogens (primary N) is 1. The summed E-state index contributed by atoms with van der Waals surface area (Å²) in [6.07, 6.45) is -1.24. The molecule has 0 bridgehead atoms. The van der Waals surface area contributed by atoms with Crippen molar-refractivity contribution in [1.29, 1.82) is 0 Å². The van der Waals surface area contributed by atoms with Crippen LogP contribution in [0, 0.1) is 0 Å². The average Bonchev–Trinajstić information content (AvgIpc) is 2.48. The predicted octanol–water partition coefficient (Wildman–Crippen LogP) is -2.80. The van der Waals surface area contributed by atoms with E-state index < -0.39 is 54.0 Å². The van der Waals surface area contributed by atoms with Gasteiger partial charge in [0, 0.05) is 5.75 Å². The Kier molecular flexibility index (Phi) is 9.33. The van der Waals surface area contributed by atoms with Gasteiger partial charge in [-0.15, -0.1) is 0 Å². The molecule has 0 rings (SSSR count). The largest absolute Gasteiger partial charge is 0.480 e. The van der Waals surface area contributed by atoms with Crippen LogP contribution in [0.5, 0.6) is 0 Å². The zero-order chi connectivity index (χ0) is 19.0. The third-order valence-electron chi connectivity index (χ3n) is 3.02. The van der Waals surface area contributed by atoms with E-state index in [0.29, 0.717) is 0 Å². The van der Waals surface area contributed by atoms with Crippen LogP contribution in [0.25, 0.3) is 0 Å². The van der Waals surface area contributed by atoms with Crippen LogP contribution < -0.4 is 21.7 Å². The average molecular weight is 364 g/mol. The van der Waals surface area contributed by atoms with Gasteiger partial charge in [-0.05, 0) is 20.8 Å². The summed E-state index contributed by atoms with van der Waals surface area (Å²) < 4.78 is 0. The van der Waals surface area contributed by atoms with Crippen molar-refractivity contribution < 1.29 is 29.4 Å². The second-order valence-electron chi connectivity index (χ2n) is 5.33. The van der Waals surface area contributed by atoms with Gasteiger partial charge in [-0.1, -0.05) is 0 Å². The van der Waals surface area contributed by atoms with E-state index in [0.717, 1.165) is 0 Å². The summed E-state index contributed by atoms with van der Waals surface area (Å²) in [6.45, 7) is 3.96. The molecule has 0 aliphatic heterocycles. The molecule has 0 heterocycles. The van der Waals surface area contributed by atoms with Gasteiger partial charge in [-0.3, -0.25) is 19.2 Å². The molecule has 0 saturated heterocycles. The van der Waals surface area contributed by atoms with E-state index in [1.54, 1.807) is 0 Å². The van der Waals surface area contributed by atoms with Gasteiger partial charge in [-0.25, -0.2) is 0 Å². The monoisotopic (exact) mass is 364 g/mol. The number of hydrogen-bond donors (Lipinski definition) is 7. The van der Waals surface area contributed by atoms with Crippen LogP contribution in [0.4, 0.5) is 0 Å². The molecule has 11 heteroatoms. The molecule has 0 aromatic carbocycles. The van der Waals surface area contributed by atoms with E-state index in [1.807, 2.05) is 0 Å². The van der Waals surface area contributed by atoms with E-state index in [-0.39, 0.29) is 5.75 Å². The minimum absolute atomic E-state index is 0.113. The minimum Gasteiger partial charge on any atom is -0.480 e. The summed E-state index contributed by atoms with van der Waals surface area (Å²) in [5.41, 5.74) is 5.39. The van der Waals surface area contributed by atoms with Crippen molar-refractivity contribution in [2.75, 3.05) is 5.75 Å². The fourth-order valence-electron chi connectivity index (χ4n) is 1.52. The molecule has 0 aromatic heterocycles. The Morgan fingerprint density at radius 3 is 1.92 bits per heavy atom. The van der Waals surface area contributed by atoms with Crippen LogP contribution in [0.1, 0.15) is 20.8 Å². The molecule has 0 aliphatic rings. The van der Waals surface area contributed by atoms with Crippen molar-refractivity contribution in [2.45, 2.75) is 51.0 Å². The van der Waals surface area contributed by atoms with E-state index in [4.69, 9.17) is 10.8 Å². The Labute approximate surface area is 144 Å². The normalized spacial score (nSPS) is 16.9. The number of carbonyl (C=O) groups is 4. The lowest BCUT2D eigenvalue weighted by Gasteiger charge is -2.25. The number of aliphatic carboxylic acids is 1. The van der Waals surface area contributed by atoms with Crippen LogP contribution in [0.15, 0.2) is 0 Å². The number of hydrogen-bond acceptors (Lipinski definition) is 7. The molecule has 7 N–H and O–H groups in total. The molecule has 0 aromatic rings. The van der Waals surface area contributed by atoms with Gasteiger partial charge in [0.05, 0.1) is 12.1 Å². The third-order valence-corrected chi connectivity index (χ3v) is 3.39. The first-order valence-electron chi connectivity index (χ1n) is 7.19. The molecule has 3 amide bonds. The first kappa shape index (κ1) is 22.1. The Balaban J connectivity index is 4.94. The molecular weight excluding hydrogens is 340 g/mol. The highest BCUT2D eigenvalue weighted by Gasteiger charge is 2.30. The highest BCUT2D eigenvalue weighted by molar-refractivity contribution is 7.80. The summed E-state index contributed by atoms with van der Waals surface area (Å²) in [7, 11) is 0. The zero-order valence-electron chi connectivity index (χ0n) is 13.6. The van der Waals surface area contributed by atoms with E-state index in [1.165, 1.54) is 20.8 Å². The number of carbonyl (C=O) groups excluding carboxylic acids is 3. The molecule has 5 unspecified atom stereocenters. The van der Waals surface area contributed by atoms with E-state index >= 15 is 0 Å². The maximum absolute atomic E-state index is 12.2. The molecule has 24 heavy (non-hydrogen) atoms. The van der Waals surface area contributed by atoms with Gasteiger partial charge in [0.1, 0.15) is 18.1 Å². The standard InChI is InChI=1S/C13H24N4O6S/c1-5(14)10(19)17-9(7(3)18)12(21)16-8(4-24)11(20)15-6(2)13(22)23/h5-9,18,24H,4,14H2,1-3H3,(H,15,20)(H,16,21)(H,17,19)(H,22,23). The molecule has 0 spiro atoms. The Morgan fingerprint density at radius 1 is 1.00 bits per heavy atom. The number of amides is 3. The first-order chi connectivity index (χ1) is 11.0. The SMILES string of the molecule is CC(N)C(=O)NC(C(=O)NC(CS)C(=O)NC(C)C(=O)O)C(C)O. The Bertz CT molecular complexity index is 485. The highest BCUT2D eigenvalue weighted by atomic mass is 32.1. The third kappa shape index (κ3) is 7.15. The summed E-state index contributed by atoms with van der Waals surface area (Å²) in [5, 5.41) is 25.2. The number of rotatable bonds is 9. The smallest absolute Gasteiger partial charge is 0.325 e. The summed E-state index contributed by atoms with van der Waals surface area (Å²) >= 11 is 3.93. The van der Waals surface area contributed by atoms with Crippen molar-refractivity contribution >= 4 is 36.3 Å². The minimum atomic E-state index is -1.32. The number of carboxylic acids is 1. The van der Waals surface area contributed by atoms with Crippen LogP contribution >= 0.6 is 12.6 Å². The fraction of sp³-hybridized carbons (Fsp3) is 0.692. The molecule has 0 fully saturated rings. The number of aliphatic hydroxyl groups is 1. The lowest BCUT2D eigenvalue weighted by atomic mass is 10.1. The van der Waals surface area contributed by atoms with Crippen molar-refractivity contribution in [3.05, 3.63) is 0 Å². The number of carboxylic acid groups (broad SMARTS) is 1. The Morgan fingerprint density at radius 2 is 1.54 bits per heavy atom. The van der Waals surface area contributed by atoms with Gasteiger partial charge in [0.25, 0.3) is 0 Å². The number of aliphatic hydroxyl groups excluding tert-OH is 1. The molecule has 138 valence electrons. The molecular formula is C13H24N4O6S. The van der Waals surface area contributed by atoms with E-state index in [9.17, 15) is 24.3 Å². The highest BCUT2D eigenvalue weighted by Crippen LogP contribution is 1.98. The summed E-state index contributed by atoms with van der Waals surface area (Å²) in [4.78, 5) is 46.4. The molecule has 0 saturated carbocycles. The number of thiol groups is 1. The molecule has 0 radical (unpaired) electrons. The lowest BCUT2D eigenvalue weighted by Crippen LogP contribution is -2.59. The maximum Gasteiger partial charge on any atom is 0.325 e. The van der Waals surface area contributed by atoms with Crippen molar-refractivity contribution in [3.63, 3.8) is 0 Å². The first-order valence-corrected chi connectivity index (χ1v) is 7.82. The second-order valence-corrected chi connectivity index (χ2v) is 5.69. The van der Waals surface area contributed by atoms with Crippen molar-refractivity contribution in [3.8, 4) is 0 Å². The van der Waals surface area contributed by atoms with Crippen molar-refractivity contribution in [2.24, 2.45) is 5.73 Å². The summed E-state index contributed by atoms with van der Waals surface area (Å²) in [6, 6.07) is -4.51. The lowest BCUT2D eigenvalue weighted by molar-refractivity contribution is -0.141. The topological polar surface area (TPSA) is 171 Å². The molecule has 5 atom stereocenters. The Hall–Kier alpha value is -1.85. The van der Waals surface area contributed by atoms with Gasteiger partial charge < -0.3 is 31.9 Å².